The average Bonchev–Trinajstić information content (AvgIpc) is 2.96. The second kappa shape index (κ2) is 13.1. The van der Waals surface area contributed by atoms with Crippen molar-refractivity contribution in [3.05, 3.63) is 12.2 Å². The van der Waals surface area contributed by atoms with Crippen molar-refractivity contribution in [3.8, 4) is 0 Å². The standard InChI is InChI=1S/C22H38O4/c1-3-5-10-17(4-2)20(23)15-13-18-14-16-21(24)19(18)11-8-6-7-9-12-22(25)26/h13,15,17-20,23H,3-12,14,16H2,1-2H3,(H,25,26)/b15-13+/t17?,18?,19-,20-/m1/s1. The number of unbranched alkanes of at least 4 members (excludes halogenated alkanes) is 4. The number of ketones is 1. The van der Waals surface area contributed by atoms with Crippen LogP contribution in [0.2, 0.25) is 0 Å². The number of hydrogen-bond acceptors (Lipinski definition) is 3. The van der Waals surface area contributed by atoms with E-state index in [1.54, 1.807) is 0 Å². The van der Waals surface area contributed by atoms with Gasteiger partial charge in [-0.15, -0.1) is 0 Å². The van der Waals surface area contributed by atoms with E-state index in [0.717, 1.165) is 64.2 Å². The zero-order valence-electron chi connectivity index (χ0n) is 16.7. The van der Waals surface area contributed by atoms with Crippen molar-refractivity contribution in [2.45, 2.75) is 97.0 Å². The van der Waals surface area contributed by atoms with Crippen LogP contribution in [-0.2, 0) is 9.59 Å². The number of aliphatic carboxylic acids is 1. The molecule has 0 radical (unpaired) electrons. The van der Waals surface area contributed by atoms with Gasteiger partial charge in [-0.05, 0) is 37.5 Å². The van der Waals surface area contributed by atoms with E-state index in [9.17, 15) is 14.7 Å². The summed E-state index contributed by atoms with van der Waals surface area (Å²) in [6, 6.07) is 0. The zero-order valence-corrected chi connectivity index (χ0v) is 16.7. The predicted octanol–water partition coefficient (Wildman–Crippen LogP) is 5.14. The van der Waals surface area contributed by atoms with E-state index in [4.69, 9.17) is 5.11 Å². The van der Waals surface area contributed by atoms with Crippen LogP contribution in [0.5, 0.6) is 0 Å². The molecule has 4 nitrogen and oxygen atoms in total. The van der Waals surface area contributed by atoms with Gasteiger partial charge in [0.1, 0.15) is 5.78 Å². The van der Waals surface area contributed by atoms with Crippen molar-refractivity contribution in [1.29, 1.82) is 0 Å². The second-order valence-corrected chi connectivity index (χ2v) is 7.81. The molecule has 1 rings (SSSR count). The Morgan fingerprint density at radius 3 is 2.58 bits per heavy atom. The largest absolute Gasteiger partial charge is 0.481 e. The summed E-state index contributed by atoms with van der Waals surface area (Å²) in [5.41, 5.74) is 0. The average molecular weight is 367 g/mol. The lowest BCUT2D eigenvalue weighted by atomic mass is 9.87. The molecule has 0 aromatic heterocycles. The van der Waals surface area contributed by atoms with Gasteiger partial charge in [0.25, 0.3) is 0 Å². The molecule has 26 heavy (non-hydrogen) atoms. The van der Waals surface area contributed by atoms with Crippen LogP contribution in [-0.4, -0.2) is 28.1 Å². The molecule has 0 bridgehead atoms. The fourth-order valence-electron chi connectivity index (χ4n) is 4.03. The van der Waals surface area contributed by atoms with Crippen molar-refractivity contribution < 1.29 is 19.8 Å². The van der Waals surface area contributed by atoms with E-state index in [1.807, 2.05) is 6.08 Å². The van der Waals surface area contributed by atoms with E-state index in [0.29, 0.717) is 18.1 Å². The van der Waals surface area contributed by atoms with Crippen molar-refractivity contribution in [3.63, 3.8) is 0 Å². The van der Waals surface area contributed by atoms with Gasteiger partial charge < -0.3 is 10.2 Å². The van der Waals surface area contributed by atoms with Gasteiger partial charge in [-0.25, -0.2) is 0 Å². The highest BCUT2D eigenvalue weighted by atomic mass is 16.4. The number of carboxylic acid groups (broad SMARTS) is 1. The molecule has 4 heteroatoms. The third kappa shape index (κ3) is 8.48. The second-order valence-electron chi connectivity index (χ2n) is 7.81. The Hall–Kier alpha value is -1.16. The summed E-state index contributed by atoms with van der Waals surface area (Å²) in [5, 5.41) is 19.1. The van der Waals surface area contributed by atoms with E-state index >= 15 is 0 Å². The molecule has 0 aliphatic heterocycles. The summed E-state index contributed by atoms with van der Waals surface area (Å²) in [7, 11) is 0. The van der Waals surface area contributed by atoms with Crippen LogP contribution in [0.25, 0.3) is 0 Å². The highest BCUT2D eigenvalue weighted by Gasteiger charge is 2.32. The molecule has 2 unspecified atom stereocenters. The van der Waals surface area contributed by atoms with Crippen molar-refractivity contribution in [1.82, 2.24) is 0 Å². The molecule has 150 valence electrons. The molecule has 1 aliphatic rings. The topological polar surface area (TPSA) is 74.6 Å². The van der Waals surface area contributed by atoms with Crippen LogP contribution < -0.4 is 0 Å². The number of carbonyl (C=O) groups excluding carboxylic acids is 1. The van der Waals surface area contributed by atoms with Crippen molar-refractivity contribution >= 4 is 11.8 Å². The molecule has 1 fully saturated rings. The third-order valence-electron chi connectivity index (χ3n) is 5.80. The van der Waals surface area contributed by atoms with E-state index in [-0.39, 0.29) is 18.3 Å². The maximum atomic E-state index is 12.2. The molecule has 2 N–H and O–H groups in total. The number of hydrogen-bond donors (Lipinski definition) is 2. The third-order valence-corrected chi connectivity index (χ3v) is 5.80. The smallest absolute Gasteiger partial charge is 0.303 e. The first-order valence-corrected chi connectivity index (χ1v) is 10.6. The number of aliphatic hydroxyl groups excluding tert-OH is 1. The van der Waals surface area contributed by atoms with Gasteiger partial charge in [0.05, 0.1) is 6.10 Å². The molecule has 0 aromatic carbocycles. The number of allylic oxidation sites excluding steroid dienone is 1. The van der Waals surface area contributed by atoms with Crippen molar-refractivity contribution in [2.75, 3.05) is 0 Å². The molecule has 1 saturated carbocycles. The summed E-state index contributed by atoms with van der Waals surface area (Å²) >= 11 is 0. The quantitative estimate of drug-likeness (QED) is 0.330. The molecule has 0 saturated heterocycles. The Kier molecular flexibility index (Phi) is 11.5. The number of aliphatic hydroxyl groups is 1. The van der Waals surface area contributed by atoms with Gasteiger partial charge >= 0.3 is 5.97 Å². The lowest BCUT2D eigenvalue weighted by molar-refractivity contribution is -0.137. The van der Waals surface area contributed by atoms with E-state index in [1.165, 1.54) is 0 Å². The molecule has 0 amide bonds. The minimum Gasteiger partial charge on any atom is -0.481 e. The normalized spacial score (nSPS) is 22.8. The zero-order chi connectivity index (χ0) is 19.4. The number of rotatable bonds is 14. The summed E-state index contributed by atoms with van der Waals surface area (Å²) in [4.78, 5) is 22.7. The monoisotopic (exact) mass is 366 g/mol. The van der Waals surface area contributed by atoms with Crippen LogP contribution >= 0.6 is 0 Å². The Bertz CT molecular complexity index is 443. The van der Waals surface area contributed by atoms with Crippen LogP contribution in [0.15, 0.2) is 12.2 Å². The maximum absolute atomic E-state index is 12.2. The molecule has 0 spiro atoms. The Labute approximate surface area is 159 Å². The first-order chi connectivity index (χ1) is 12.5. The fraction of sp³-hybridized carbons (Fsp3) is 0.818. The highest BCUT2D eigenvalue weighted by molar-refractivity contribution is 5.83. The number of carbonyl (C=O) groups is 2. The van der Waals surface area contributed by atoms with E-state index in [2.05, 4.69) is 19.9 Å². The summed E-state index contributed by atoms with van der Waals surface area (Å²) in [6.07, 6.45) is 14.3. The molecule has 0 aromatic rings. The van der Waals surface area contributed by atoms with Crippen LogP contribution in [0.1, 0.15) is 90.9 Å². The Morgan fingerprint density at radius 2 is 1.92 bits per heavy atom. The van der Waals surface area contributed by atoms with Crippen LogP contribution in [0.4, 0.5) is 0 Å². The number of Topliss-reactive ketones (excluding diaryl/α,β-unsaturated/α-hetero) is 1. The first kappa shape index (κ1) is 22.9. The van der Waals surface area contributed by atoms with Crippen LogP contribution in [0, 0.1) is 17.8 Å². The minimum absolute atomic E-state index is 0.0913. The van der Waals surface area contributed by atoms with Gasteiger partial charge in [0, 0.05) is 18.8 Å². The first-order valence-electron chi connectivity index (χ1n) is 10.6. The van der Waals surface area contributed by atoms with Crippen molar-refractivity contribution in [2.24, 2.45) is 17.8 Å². The van der Waals surface area contributed by atoms with Crippen LogP contribution in [0.3, 0.4) is 0 Å². The lowest BCUT2D eigenvalue weighted by Crippen LogP contribution is -2.19. The lowest BCUT2D eigenvalue weighted by Gasteiger charge is -2.20. The van der Waals surface area contributed by atoms with Gasteiger partial charge in [-0.2, -0.15) is 0 Å². The molecular formula is C22H38O4. The predicted molar refractivity (Wildman–Crippen MR) is 105 cm³/mol. The fourth-order valence-corrected chi connectivity index (χ4v) is 4.03. The van der Waals surface area contributed by atoms with Gasteiger partial charge in [0.15, 0.2) is 0 Å². The molecular weight excluding hydrogens is 328 g/mol. The SMILES string of the molecule is CCCCC(CC)[C@H](O)/C=C/C1CCC(=O)[C@@H]1CCCCCCC(=O)O. The molecule has 1 aliphatic carbocycles. The molecule has 4 atom stereocenters. The Morgan fingerprint density at radius 1 is 1.19 bits per heavy atom. The molecule has 0 heterocycles. The Balaban J connectivity index is 2.41. The van der Waals surface area contributed by atoms with E-state index < -0.39 is 12.1 Å². The van der Waals surface area contributed by atoms with Gasteiger partial charge in [0.2, 0.25) is 0 Å². The summed E-state index contributed by atoms with van der Waals surface area (Å²) in [5.74, 6) is 0.297. The highest BCUT2D eigenvalue weighted by Crippen LogP contribution is 2.34. The maximum Gasteiger partial charge on any atom is 0.303 e. The summed E-state index contributed by atoms with van der Waals surface area (Å²) in [6.45, 7) is 4.30. The van der Waals surface area contributed by atoms with Gasteiger partial charge in [-0.3, -0.25) is 9.59 Å². The minimum atomic E-state index is -0.732. The number of carboxylic acids is 1. The van der Waals surface area contributed by atoms with Gasteiger partial charge in [-0.1, -0.05) is 64.5 Å². The summed E-state index contributed by atoms with van der Waals surface area (Å²) < 4.78 is 0.